The number of aromatic nitrogens is 2. The summed E-state index contributed by atoms with van der Waals surface area (Å²) < 4.78 is 9.11. The highest BCUT2D eigenvalue weighted by Gasteiger charge is 2.22. The second-order valence-corrected chi connectivity index (χ2v) is 5.92. The first-order valence-corrected chi connectivity index (χ1v) is 7.89. The molecule has 0 aliphatic carbocycles. The summed E-state index contributed by atoms with van der Waals surface area (Å²) in [4.78, 5) is 12.5. The minimum absolute atomic E-state index is 0.313. The molecule has 120 valence electrons. The summed E-state index contributed by atoms with van der Waals surface area (Å²) in [7, 11) is 3.42. The fourth-order valence-corrected chi connectivity index (χ4v) is 3.41. The molecule has 0 atom stereocenters. The van der Waals surface area contributed by atoms with Crippen LogP contribution < -0.4 is 0 Å². The summed E-state index contributed by atoms with van der Waals surface area (Å²) in [5.41, 5.74) is 3.76. The number of ether oxygens (including phenoxy) is 1. The highest BCUT2D eigenvalue weighted by atomic mass is 16.5. The lowest BCUT2D eigenvalue weighted by molar-refractivity contribution is 0.0591. The molecule has 0 saturated carbocycles. The van der Waals surface area contributed by atoms with Crippen molar-refractivity contribution in [1.29, 1.82) is 0 Å². The van der Waals surface area contributed by atoms with E-state index in [0.29, 0.717) is 12.2 Å². The van der Waals surface area contributed by atoms with E-state index in [1.807, 2.05) is 41.9 Å². The molecular formula is C20H18N2O2. The van der Waals surface area contributed by atoms with Gasteiger partial charge in [0.2, 0.25) is 0 Å². The SMILES string of the molecule is COC(=O)c1c2c(cn1Cc1ccccc1)c1ccccc1n2C. The standard InChI is InChI=1S/C20H18N2O2/c1-21-17-11-7-6-10-15(17)16-13-22(12-14-8-4-3-5-9-14)19(18(16)21)20(23)24-2/h3-11,13H,12H2,1-2H3. The number of methoxy groups -OCH3 is 1. The minimum Gasteiger partial charge on any atom is -0.464 e. The fraction of sp³-hybridized carbons (Fsp3) is 0.150. The Balaban J connectivity index is 1.99. The van der Waals surface area contributed by atoms with Crippen molar-refractivity contribution in [3.05, 3.63) is 72.1 Å². The van der Waals surface area contributed by atoms with Crippen molar-refractivity contribution in [2.45, 2.75) is 6.54 Å². The predicted octanol–water partition coefficient (Wildman–Crippen LogP) is 3.97. The lowest BCUT2D eigenvalue weighted by Gasteiger charge is -2.09. The average molecular weight is 318 g/mol. The third kappa shape index (κ3) is 2.11. The second-order valence-electron chi connectivity index (χ2n) is 5.92. The molecule has 4 rings (SSSR count). The summed E-state index contributed by atoms with van der Waals surface area (Å²) in [5.74, 6) is -0.313. The molecule has 0 aliphatic heterocycles. The van der Waals surface area contributed by atoms with Gasteiger partial charge in [-0.25, -0.2) is 4.79 Å². The van der Waals surface area contributed by atoms with Crippen LogP contribution >= 0.6 is 0 Å². The summed E-state index contributed by atoms with van der Waals surface area (Å²) in [6.45, 7) is 0.633. The van der Waals surface area contributed by atoms with Gasteiger partial charge in [-0.1, -0.05) is 48.5 Å². The number of carbonyl (C=O) groups is 1. The van der Waals surface area contributed by atoms with Crippen LogP contribution in [0.15, 0.2) is 60.8 Å². The van der Waals surface area contributed by atoms with E-state index in [-0.39, 0.29) is 5.97 Å². The molecule has 4 nitrogen and oxygen atoms in total. The Morgan fingerprint density at radius 2 is 1.71 bits per heavy atom. The number of hydrogen-bond acceptors (Lipinski definition) is 2. The zero-order valence-electron chi connectivity index (χ0n) is 13.7. The first-order valence-electron chi connectivity index (χ1n) is 7.89. The second kappa shape index (κ2) is 5.57. The zero-order valence-corrected chi connectivity index (χ0v) is 13.7. The van der Waals surface area contributed by atoms with Crippen LogP contribution in [0.1, 0.15) is 16.1 Å². The van der Waals surface area contributed by atoms with Gasteiger partial charge in [-0.2, -0.15) is 0 Å². The van der Waals surface area contributed by atoms with E-state index >= 15 is 0 Å². The summed E-state index contributed by atoms with van der Waals surface area (Å²) in [6.07, 6.45) is 2.05. The smallest absolute Gasteiger partial charge is 0.356 e. The maximum Gasteiger partial charge on any atom is 0.356 e. The average Bonchev–Trinajstić information content (AvgIpc) is 3.11. The maximum absolute atomic E-state index is 12.5. The first-order chi connectivity index (χ1) is 11.7. The third-order valence-corrected chi connectivity index (χ3v) is 4.52. The van der Waals surface area contributed by atoms with E-state index in [2.05, 4.69) is 35.0 Å². The van der Waals surface area contributed by atoms with Gasteiger partial charge in [0.1, 0.15) is 0 Å². The molecule has 4 heteroatoms. The number of aryl methyl sites for hydroxylation is 1. The fourth-order valence-electron chi connectivity index (χ4n) is 3.41. The molecule has 4 aromatic rings. The molecule has 2 aromatic carbocycles. The van der Waals surface area contributed by atoms with Crippen LogP contribution in [0.25, 0.3) is 21.8 Å². The Bertz CT molecular complexity index is 1040. The summed E-state index contributed by atoms with van der Waals surface area (Å²) in [5, 5.41) is 2.22. The van der Waals surface area contributed by atoms with Crippen molar-refractivity contribution in [2.24, 2.45) is 7.05 Å². The molecular weight excluding hydrogens is 300 g/mol. The normalized spacial score (nSPS) is 11.2. The molecule has 0 amide bonds. The molecule has 0 unspecified atom stereocenters. The van der Waals surface area contributed by atoms with Crippen LogP contribution in [0.3, 0.4) is 0 Å². The number of para-hydroxylation sites is 1. The van der Waals surface area contributed by atoms with Gasteiger partial charge < -0.3 is 13.9 Å². The Morgan fingerprint density at radius 1 is 1.00 bits per heavy atom. The monoisotopic (exact) mass is 318 g/mol. The highest BCUT2D eigenvalue weighted by molar-refractivity contribution is 6.14. The lowest BCUT2D eigenvalue weighted by atomic mass is 10.2. The predicted molar refractivity (Wildman–Crippen MR) is 95.3 cm³/mol. The largest absolute Gasteiger partial charge is 0.464 e. The van der Waals surface area contributed by atoms with Gasteiger partial charge in [0.05, 0.1) is 12.6 Å². The van der Waals surface area contributed by atoms with Crippen molar-refractivity contribution >= 4 is 27.8 Å². The molecule has 2 heterocycles. The Kier molecular flexibility index (Phi) is 3.38. The number of hydrogen-bond donors (Lipinski definition) is 0. The van der Waals surface area contributed by atoms with Crippen molar-refractivity contribution in [2.75, 3.05) is 7.11 Å². The summed E-state index contributed by atoms with van der Waals surface area (Å²) >= 11 is 0. The molecule has 0 aliphatic rings. The first kappa shape index (κ1) is 14.6. The van der Waals surface area contributed by atoms with Gasteiger partial charge in [0, 0.05) is 36.1 Å². The minimum atomic E-state index is -0.313. The van der Waals surface area contributed by atoms with E-state index in [1.54, 1.807) is 0 Å². The number of nitrogens with zero attached hydrogens (tertiary/aromatic N) is 2. The number of rotatable bonds is 3. The van der Waals surface area contributed by atoms with E-state index in [4.69, 9.17) is 4.74 Å². The van der Waals surface area contributed by atoms with Gasteiger partial charge >= 0.3 is 5.97 Å². The maximum atomic E-state index is 12.5. The van der Waals surface area contributed by atoms with Crippen molar-refractivity contribution < 1.29 is 9.53 Å². The molecule has 0 fully saturated rings. The number of benzene rings is 2. The van der Waals surface area contributed by atoms with E-state index < -0.39 is 0 Å². The topological polar surface area (TPSA) is 36.2 Å². The Morgan fingerprint density at radius 3 is 2.46 bits per heavy atom. The zero-order chi connectivity index (χ0) is 16.7. The van der Waals surface area contributed by atoms with Gasteiger partial charge in [0.15, 0.2) is 5.69 Å². The van der Waals surface area contributed by atoms with Crippen LogP contribution in [0.5, 0.6) is 0 Å². The molecule has 24 heavy (non-hydrogen) atoms. The van der Waals surface area contributed by atoms with Crippen molar-refractivity contribution in [1.82, 2.24) is 9.13 Å². The molecule has 0 N–H and O–H groups in total. The number of fused-ring (bicyclic) bond motifs is 3. The molecule has 0 spiro atoms. The van der Waals surface area contributed by atoms with Gasteiger partial charge in [0.25, 0.3) is 0 Å². The van der Waals surface area contributed by atoms with Crippen molar-refractivity contribution in [3.63, 3.8) is 0 Å². The van der Waals surface area contributed by atoms with E-state index in [1.165, 1.54) is 7.11 Å². The van der Waals surface area contributed by atoms with E-state index in [9.17, 15) is 4.79 Å². The lowest BCUT2D eigenvalue weighted by Crippen LogP contribution is -2.12. The van der Waals surface area contributed by atoms with Crippen molar-refractivity contribution in [3.8, 4) is 0 Å². The highest BCUT2D eigenvalue weighted by Crippen LogP contribution is 2.32. The van der Waals surface area contributed by atoms with E-state index in [0.717, 1.165) is 27.4 Å². The molecule has 0 radical (unpaired) electrons. The summed E-state index contributed by atoms with van der Waals surface area (Å²) in [6, 6.07) is 18.3. The third-order valence-electron chi connectivity index (χ3n) is 4.52. The quantitative estimate of drug-likeness (QED) is 0.536. The Hall–Kier alpha value is -3.01. The number of carbonyl (C=O) groups excluding carboxylic acids is 1. The molecule has 0 saturated heterocycles. The Labute approximate surface area is 139 Å². The van der Waals surface area contributed by atoms with Crippen LogP contribution in [-0.2, 0) is 18.3 Å². The van der Waals surface area contributed by atoms with Crippen LogP contribution in [-0.4, -0.2) is 22.2 Å². The van der Waals surface area contributed by atoms with Crippen LogP contribution in [0.2, 0.25) is 0 Å². The van der Waals surface area contributed by atoms with Crippen LogP contribution in [0, 0.1) is 0 Å². The van der Waals surface area contributed by atoms with Gasteiger partial charge in [-0.05, 0) is 11.6 Å². The number of esters is 1. The molecule has 0 bridgehead atoms. The van der Waals surface area contributed by atoms with Gasteiger partial charge in [-0.15, -0.1) is 0 Å². The molecule has 2 aromatic heterocycles. The van der Waals surface area contributed by atoms with Gasteiger partial charge in [-0.3, -0.25) is 0 Å². The van der Waals surface area contributed by atoms with Crippen LogP contribution in [0.4, 0.5) is 0 Å².